The number of hydrogen-bond acceptors (Lipinski definition) is 5. The Kier molecular flexibility index (Phi) is 7.62. The number of likely N-dealkylation sites (tertiary alicyclic amines) is 1. The fourth-order valence-corrected chi connectivity index (χ4v) is 2.27. The molecule has 1 aliphatic heterocycles. The third kappa shape index (κ3) is 5.99. The Morgan fingerprint density at radius 2 is 2.15 bits per heavy atom. The van der Waals surface area contributed by atoms with Gasteiger partial charge in [-0.05, 0) is 19.4 Å². The third-order valence-corrected chi connectivity index (χ3v) is 3.25. The number of hydrogen-bond donors (Lipinski definition) is 3. The highest BCUT2D eigenvalue weighted by molar-refractivity contribution is 5.80. The number of carbonyl (C=O) groups excluding carboxylic acids is 2. The molecule has 1 unspecified atom stereocenters. The van der Waals surface area contributed by atoms with Crippen molar-refractivity contribution >= 4 is 11.8 Å². The summed E-state index contributed by atoms with van der Waals surface area (Å²) in [4.78, 5) is 25.5. The van der Waals surface area contributed by atoms with Crippen molar-refractivity contribution in [2.45, 2.75) is 19.3 Å². The lowest BCUT2D eigenvalue weighted by Gasteiger charge is -2.31. The fourth-order valence-electron chi connectivity index (χ4n) is 2.27. The predicted octanol–water partition coefficient (Wildman–Crippen LogP) is -1.20. The summed E-state index contributed by atoms with van der Waals surface area (Å²) < 4.78 is 0. The van der Waals surface area contributed by atoms with Crippen molar-refractivity contribution in [1.82, 2.24) is 15.5 Å². The van der Waals surface area contributed by atoms with Gasteiger partial charge in [0.2, 0.25) is 11.8 Å². The van der Waals surface area contributed by atoms with E-state index in [0.29, 0.717) is 32.6 Å². The number of carbonyl (C=O) groups is 2. The van der Waals surface area contributed by atoms with Gasteiger partial charge in [-0.1, -0.05) is 0 Å². The average Bonchev–Trinajstić information content (AvgIpc) is 2.45. The van der Waals surface area contributed by atoms with Gasteiger partial charge in [0.25, 0.3) is 0 Å². The Labute approximate surface area is 119 Å². The molecule has 0 radical (unpaired) electrons. The molecule has 1 fully saturated rings. The topological polar surface area (TPSA) is 111 Å². The molecule has 1 rings (SSSR count). The van der Waals surface area contributed by atoms with Crippen LogP contribution in [0.2, 0.25) is 0 Å². The zero-order chi connectivity index (χ0) is 14.8. The first-order chi connectivity index (χ1) is 9.67. The molecule has 0 bridgehead atoms. The van der Waals surface area contributed by atoms with Crippen LogP contribution in [0.4, 0.5) is 0 Å². The second-order valence-electron chi connectivity index (χ2n) is 4.91. The zero-order valence-electron chi connectivity index (χ0n) is 11.7. The van der Waals surface area contributed by atoms with E-state index in [1.807, 2.05) is 11.0 Å². The van der Waals surface area contributed by atoms with Gasteiger partial charge in [-0.25, -0.2) is 0 Å². The van der Waals surface area contributed by atoms with Crippen LogP contribution < -0.4 is 16.4 Å². The summed E-state index contributed by atoms with van der Waals surface area (Å²) >= 11 is 0. The largest absolute Gasteiger partial charge is 0.355 e. The molecule has 1 saturated heterocycles. The van der Waals surface area contributed by atoms with E-state index >= 15 is 0 Å². The minimum absolute atomic E-state index is 0.0186. The van der Waals surface area contributed by atoms with Crippen LogP contribution >= 0.6 is 0 Å². The average molecular weight is 281 g/mol. The van der Waals surface area contributed by atoms with Crippen LogP contribution in [0.3, 0.4) is 0 Å². The van der Waals surface area contributed by atoms with Crippen molar-refractivity contribution in [3.8, 4) is 6.07 Å². The minimum atomic E-state index is -0.0942. The minimum Gasteiger partial charge on any atom is -0.355 e. The zero-order valence-corrected chi connectivity index (χ0v) is 11.7. The molecule has 7 heteroatoms. The Bertz CT molecular complexity index is 366. The van der Waals surface area contributed by atoms with Crippen LogP contribution in [0.1, 0.15) is 19.3 Å². The van der Waals surface area contributed by atoms with Gasteiger partial charge < -0.3 is 16.4 Å². The van der Waals surface area contributed by atoms with Crippen molar-refractivity contribution in [1.29, 1.82) is 5.26 Å². The van der Waals surface area contributed by atoms with Crippen molar-refractivity contribution < 1.29 is 9.59 Å². The number of nitrogens with zero attached hydrogens (tertiary/aromatic N) is 2. The summed E-state index contributed by atoms with van der Waals surface area (Å²) in [5.41, 5.74) is 5.36. The normalized spacial score (nSPS) is 19.1. The SMILES string of the molecule is N#CCCNC(=O)CN1CCCC(C(=O)NCCN)C1. The second-order valence-corrected chi connectivity index (χ2v) is 4.91. The van der Waals surface area contributed by atoms with E-state index in [0.717, 1.165) is 19.4 Å². The van der Waals surface area contributed by atoms with Crippen molar-refractivity contribution in [3.05, 3.63) is 0 Å². The maximum Gasteiger partial charge on any atom is 0.234 e. The molecule has 1 heterocycles. The molecule has 1 atom stereocenters. The van der Waals surface area contributed by atoms with E-state index < -0.39 is 0 Å². The summed E-state index contributed by atoms with van der Waals surface area (Å²) in [6.07, 6.45) is 2.07. The third-order valence-electron chi connectivity index (χ3n) is 3.25. The molecule has 0 spiro atoms. The van der Waals surface area contributed by atoms with Crippen molar-refractivity contribution in [2.75, 3.05) is 39.3 Å². The van der Waals surface area contributed by atoms with E-state index in [1.165, 1.54) is 0 Å². The molecule has 0 saturated carbocycles. The van der Waals surface area contributed by atoms with Crippen LogP contribution in [0.5, 0.6) is 0 Å². The van der Waals surface area contributed by atoms with Gasteiger partial charge in [0.15, 0.2) is 0 Å². The highest BCUT2D eigenvalue weighted by atomic mass is 16.2. The molecule has 20 heavy (non-hydrogen) atoms. The first kappa shape index (κ1) is 16.4. The Hall–Kier alpha value is -1.65. The van der Waals surface area contributed by atoms with Gasteiger partial charge >= 0.3 is 0 Å². The predicted molar refractivity (Wildman–Crippen MR) is 74.5 cm³/mol. The monoisotopic (exact) mass is 281 g/mol. The molecule has 1 aliphatic rings. The Morgan fingerprint density at radius 3 is 2.85 bits per heavy atom. The maximum atomic E-state index is 11.9. The van der Waals surface area contributed by atoms with E-state index in [-0.39, 0.29) is 24.3 Å². The van der Waals surface area contributed by atoms with Crippen LogP contribution in [-0.2, 0) is 9.59 Å². The molecule has 112 valence electrons. The van der Waals surface area contributed by atoms with Crippen molar-refractivity contribution in [2.24, 2.45) is 11.7 Å². The standard InChI is InChI=1S/C13H23N5O2/c14-4-2-6-16-12(19)10-18-8-1-3-11(9-18)13(20)17-7-5-15/h11H,1-3,5-10,15H2,(H,16,19)(H,17,20). The molecule has 2 amide bonds. The van der Waals surface area contributed by atoms with Crippen LogP contribution in [-0.4, -0.2) is 56.0 Å². The van der Waals surface area contributed by atoms with Gasteiger partial charge in [-0.3, -0.25) is 14.5 Å². The number of piperidine rings is 1. The summed E-state index contributed by atoms with van der Waals surface area (Å²) in [7, 11) is 0. The van der Waals surface area contributed by atoms with Crippen molar-refractivity contribution in [3.63, 3.8) is 0 Å². The molecule has 7 nitrogen and oxygen atoms in total. The number of amides is 2. The van der Waals surface area contributed by atoms with E-state index in [1.54, 1.807) is 0 Å². The molecular weight excluding hydrogens is 258 g/mol. The number of nitrogens with one attached hydrogen (secondary N) is 2. The van der Waals surface area contributed by atoms with Gasteiger partial charge in [0.05, 0.1) is 25.0 Å². The van der Waals surface area contributed by atoms with Gasteiger partial charge in [0.1, 0.15) is 0 Å². The molecule has 0 aromatic rings. The lowest BCUT2D eigenvalue weighted by Crippen LogP contribution is -2.47. The molecule has 0 aliphatic carbocycles. The first-order valence-electron chi connectivity index (χ1n) is 7.01. The Morgan fingerprint density at radius 1 is 1.35 bits per heavy atom. The van der Waals surface area contributed by atoms with Gasteiger partial charge in [0, 0.05) is 26.2 Å². The highest BCUT2D eigenvalue weighted by Crippen LogP contribution is 2.16. The van der Waals surface area contributed by atoms with Crippen LogP contribution in [0.25, 0.3) is 0 Å². The van der Waals surface area contributed by atoms with E-state index in [9.17, 15) is 9.59 Å². The lowest BCUT2D eigenvalue weighted by molar-refractivity contribution is -0.128. The maximum absolute atomic E-state index is 11.9. The summed E-state index contributed by atoms with van der Waals surface area (Å²) in [5, 5.41) is 13.9. The molecule has 4 N–H and O–H groups in total. The summed E-state index contributed by atoms with van der Waals surface area (Å²) in [5.74, 6) is -0.143. The lowest BCUT2D eigenvalue weighted by atomic mass is 9.97. The molecular formula is C13H23N5O2. The Balaban J connectivity index is 2.31. The first-order valence-corrected chi connectivity index (χ1v) is 7.01. The molecule has 0 aromatic heterocycles. The van der Waals surface area contributed by atoms with E-state index in [2.05, 4.69) is 10.6 Å². The highest BCUT2D eigenvalue weighted by Gasteiger charge is 2.26. The fraction of sp³-hybridized carbons (Fsp3) is 0.769. The smallest absolute Gasteiger partial charge is 0.234 e. The number of rotatable bonds is 7. The van der Waals surface area contributed by atoms with Crippen LogP contribution in [0, 0.1) is 17.2 Å². The quantitative estimate of drug-likeness (QED) is 0.508. The van der Waals surface area contributed by atoms with Gasteiger partial charge in [-0.15, -0.1) is 0 Å². The van der Waals surface area contributed by atoms with Gasteiger partial charge in [-0.2, -0.15) is 5.26 Å². The molecule has 0 aromatic carbocycles. The van der Waals surface area contributed by atoms with Crippen LogP contribution in [0.15, 0.2) is 0 Å². The number of nitriles is 1. The summed E-state index contributed by atoms with van der Waals surface area (Å²) in [6.45, 7) is 3.01. The summed E-state index contributed by atoms with van der Waals surface area (Å²) in [6, 6.07) is 1.98. The number of nitrogens with two attached hydrogens (primary N) is 1. The van der Waals surface area contributed by atoms with E-state index in [4.69, 9.17) is 11.0 Å². The second kappa shape index (κ2) is 9.28.